The second-order valence-electron chi connectivity index (χ2n) is 7.80. The van der Waals surface area contributed by atoms with Gasteiger partial charge in [-0.25, -0.2) is 9.97 Å². The fourth-order valence-electron chi connectivity index (χ4n) is 2.84. The van der Waals surface area contributed by atoms with Crippen LogP contribution in [0.4, 0.5) is 0 Å². The number of thiophene rings is 1. The van der Waals surface area contributed by atoms with E-state index in [9.17, 15) is 9.59 Å². The van der Waals surface area contributed by atoms with Crippen molar-refractivity contribution in [1.82, 2.24) is 19.4 Å². The summed E-state index contributed by atoms with van der Waals surface area (Å²) in [5.41, 5.74) is 0.964. The lowest BCUT2D eigenvalue weighted by molar-refractivity contribution is -0.127. The number of carbonyl (C=O) groups excluding carboxylic acids is 1. The molecule has 0 fully saturated rings. The molecule has 0 unspecified atom stereocenters. The van der Waals surface area contributed by atoms with Crippen LogP contribution in [0.15, 0.2) is 21.4 Å². The molecule has 0 atom stereocenters. The lowest BCUT2D eigenvalue weighted by Gasteiger charge is -2.12. The molecule has 3 rings (SSSR count). The summed E-state index contributed by atoms with van der Waals surface area (Å²) in [6.45, 7) is 7.09. The van der Waals surface area contributed by atoms with Crippen LogP contribution >= 0.6 is 34.4 Å². The van der Waals surface area contributed by atoms with Crippen LogP contribution in [-0.2, 0) is 29.9 Å². The largest absolute Gasteiger partial charge is 0.348 e. The van der Waals surface area contributed by atoms with Crippen molar-refractivity contribution in [3.63, 3.8) is 0 Å². The number of carbonyl (C=O) groups is 1. The molecule has 3 aromatic rings. The molecule has 3 heterocycles. The van der Waals surface area contributed by atoms with Gasteiger partial charge in [0.15, 0.2) is 5.16 Å². The van der Waals surface area contributed by atoms with E-state index in [1.54, 1.807) is 42.1 Å². The number of hydrogen-bond acceptors (Lipinski definition) is 7. The lowest BCUT2D eigenvalue weighted by Crippen LogP contribution is -2.23. The van der Waals surface area contributed by atoms with Crippen LogP contribution < -0.4 is 5.56 Å². The van der Waals surface area contributed by atoms with Gasteiger partial charge in [-0.3, -0.25) is 14.2 Å². The van der Waals surface area contributed by atoms with Crippen molar-refractivity contribution in [2.75, 3.05) is 14.1 Å². The summed E-state index contributed by atoms with van der Waals surface area (Å²) in [6.07, 6.45) is 2.15. The van der Waals surface area contributed by atoms with Crippen LogP contribution in [0.25, 0.3) is 10.2 Å². The predicted octanol–water partition coefficient (Wildman–Crippen LogP) is 4.45. The van der Waals surface area contributed by atoms with Gasteiger partial charge in [0, 0.05) is 36.7 Å². The first kappa shape index (κ1) is 23.0. The minimum absolute atomic E-state index is 0.0441. The van der Waals surface area contributed by atoms with Gasteiger partial charge in [-0.1, -0.05) is 32.5 Å². The van der Waals surface area contributed by atoms with E-state index in [2.05, 4.69) is 25.8 Å². The Bertz CT molecular complexity index is 1080. The third-order valence-electron chi connectivity index (χ3n) is 4.70. The van der Waals surface area contributed by atoms with E-state index in [-0.39, 0.29) is 11.5 Å². The maximum Gasteiger partial charge on any atom is 0.262 e. The molecule has 162 valence electrons. The van der Waals surface area contributed by atoms with Crippen molar-refractivity contribution in [3.8, 4) is 0 Å². The number of fused-ring (bicyclic) bond motifs is 1. The number of aromatic nitrogens is 3. The van der Waals surface area contributed by atoms with Crippen molar-refractivity contribution in [1.29, 1.82) is 0 Å². The summed E-state index contributed by atoms with van der Waals surface area (Å²) in [5, 5.41) is 4.27. The van der Waals surface area contributed by atoms with Gasteiger partial charge in [0.1, 0.15) is 9.84 Å². The summed E-state index contributed by atoms with van der Waals surface area (Å²) in [6, 6.07) is 1.99. The summed E-state index contributed by atoms with van der Waals surface area (Å²) in [7, 11) is 3.50. The summed E-state index contributed by atoms with van der Waals surface area (Å²) in [5.74, 6) is 1.18. The van der Waals surface area contributed by atoms with Crippen LogP contribution in [0.3, 0.4) is 0 Å². The summed E-state index contributed by atoms with van der Waals surface area (Å²) >= 11 is 4.65. The second kappa shape index (κ2) is 10.1. The molecule has 0 radical (unpaired) electrons. The fourth-order valence-corrected chi connectivity index (χ4v) is 5.66. The molecule has 0 aliphatic rings. The Labute approximate surface area is 189 Å². The van der Waals surface area contributed by atoms with Gasteiger partial charge in [-0.15, -0.1) is 22.7 Å². The van der Waals surface area contributed by atoms with Crippen LogP contribution in [0.2, 0.25) is 0 Å². The van der Waals surface area contributed by atoms with Crippen molar-refractivity contribution in [2.24, 2.45) is 5.92 Å². The quantitative estimate of drug-likeness (QED) is 0.346. The molecular weight excluding hydrogens is 436 g/mol. The predicted molar refractivity (Wildman–Crippen MR) is 127 cm³/mol. The van der Waals surface area contributed by atoms with E-state index < -0.39 is 0 Å². The molecule has 3 aromatic heterocycles. The molecule has 0 bridgehead atoms. The Kier molecular flexibility index (Phi) is 7.70. The molecular formula is C21H28N4O2S3. The number of likely N-dealkylation sites (N-methyl/N-ethyl adjacent to an activating group) is 1. The molecule has 0 spiro atoms. The summed E-state index contributed by atoms with van der Waals surface area (Å²) in [4.78, 5) is 38.1. The highest BCUT2D eigenvalue weighted by Crippen LogP contribution is 2.27. The summed E-state index contributed by atoms with van der Waals surface area (Å²) < 4.78 is 1.82. The molecule has 30 heavy (non-hydrogen) atoms. The maximum atomic E-state index is 13.2. The lowest BCUT2D eigenvalue weighted by atomic mass is 10.1. The third-order valence-corrected chi connectivity index (χ3v) is 7.78. The average Bonchev–Trinajstić information content (AvgIpc) is 3.32. The topological polar surface area (TPSA) is 68.1 Å². The smallest absolute Gasteiger partial charge is 0.262 e. The van der Waals surface area contributed by atoms with E-state index >= 15 is 0 Å². The van der Waals surface area contributed by atoms with E-state index in [1.165, 1.54) is 16.2 Å². The molecule has 0 aliphatic heterocycles. The van der Waals surface area contributed by atoms with Gasteiger partial charge >= 0.3 is 0 Å². The third kappa shape index (κ3) is 5.50. The molecule has 0 saturated heterocycles. The number of thioether (sulfide) groups is 1. The van der Waals surface area contributed by atoms with E-state index in [0.717, 1.165) is 38.9 Å². The number of nitrogens with zero attached hydrogens (tertiary/aromatic N) is 4. The van der Waals surface area contributed by atoms with Gasteiger partial charge in [0.2, 0.25) is 5.91 Å². The zero-order chi connectivity index (χ0) is 21.8. The van der Waals surface area contributed by atoms with Crippen molar-refractivity contribution >= 4 is 50.6 Å². The van der Waals surface area contributed by atoms with Gasteiger partial charge in [-0.2, -0.15) is 0 Å². The van der Waals surface area contributed by atoms with Gasteiger partial charge in [0.25, 0.3) is 5.56 Å². The molecule has 0 aromatic carbocycles. The van der Waals surface area contributed by atoms with Crippen molar-refractivity contribution in [2.45, 2.75) is 57.5 Å². The molecule has 0 aliphatic carbocycles. The zero-order valence-corrected chi connectivity index (χ0v) is 20.5. The minimum Gasteiger partial charge on any atom is -0.348 e. The molecule has 1 amide bonds. The second-order valence-corrected chi connectivity index (χ2v) is 10.8. The Morgan fingerprint density at radius 1 is 1.30 bits per heavy atom. The zero-order valence-electron chi connectivity index (χ0n) is 18.1. The normalized spacial score (nSPS) is 11.5. The first-order valence-corrected chi connectivity index (χ1v) is 12.8. The maximum absolute atomic E-state index is 13.2. The average molecular weight is 465 g/mol. The van der Waals surface area contributed by atoms with Crippen LogP contribution in [-0.4, -0.2) is 39.4 Å². The molecule has 9 heteroatoms. The van der Waals surface area contributed by atoms with Gasteiger partial charge in [0.05, 0.1) is 17.5 Å². The van der Waals surface area contributed by atoms with Crippen LogP contribution in [0.5, 0.6) is 0 Å². The standard InChI is InChI=1S/C21H28N4O2S3/c1-6-15-9-16-19(30-15)23-21(25(20(16)27)8-7-13(2)3)29-12-14-11-28-17(22-14)10-18(26)24(4)5/h9,11,13H,6-8,10,12H2,1-5H3. The highest BCUT2D eigenvalue weighted by molar-refractivity contribution is 7.98. The van der Waals surface area contributed by atoms with Gasteiger partial charge < -0.3 is 4.90 Å². The van der Waals surface area contributed by atoms with Crippen LogP contribution in [0.1, 0.15) is 42.8 Å². The SMILES string of the molecule is CCc1cc2c(=O)n(CCC(C)C)c(SCc3csc(CC(=O)N(C)C)n3)nc2s1. The monoisotopic (exact) mass is 464 g/mol. The molecule has 0 saturated carbocycles. The van der Waals surface area contributed by atoms with E-state index in [1.807, 2.05) is 16.0 Å². The number of hydrogen-bond donors (Lipinski definition) is 0. The fraction of sp³-hybridized carbons (Fsp3) is 0.524. The number of thiazole rings is 1. The Balaban J connectivity index is 1.83. The minimum atomic E-state index is 0.0441. The van der Waals surface area contributed by atoms with E-state index in [0.29, 0.717) is 24.6 Å². The van der Waals surface area contributed by atoms with Gasteiger partial charge in [-0.05, 0) is 24.8 Å². The highest BCUT2D eigenvalue weighted by atomic mass is 32.2. The van der Waals surface area contributed by atoms with Crippen molar-refractivity contribution in [3.05, 3.63) is 37.4 Å². The van der Waals surface area contributed by atoms with Crippen LogP contribution in [0, 0.1) is 5.92 Å². The Hall–Kier alpha value is -1.71. The molecule has 0 N–H and O–H groups in total. The first-order chi connectivity index (χ1) is 14.3. The Morgan fingerprint density at radius 2 is 2.07 bits per heavy atom. The number of amides is 1. The number of rotatable bonds is 9. The Morgan fingerprint density at radius 3 is 2.73 bits per heavy atom. The first-order valence-electron chi connectivity index (χ1n) is 10.1. The highest BCUT2D eigenvalue weighted by Gasteiger charge is 2.16. The molecule has 6 nitrogen and oxygen atoms in total. The number of aryl methyl sites for hydroxylation is 1. The van der Waals surface area contributed by atoms with E-state index in [4.69, 9.17) is 4.98 Å². The van der Waals surface area contributed by atoms with Crippen molar-refractivity contribution < 1.29 is 4.79 Å².